The summed E-state index contributed by atoms with van der Waals surface area (Å²) in [4.78, 5) is 40.3. The summed E-state index contributed by atoms with van der Waals surface area (Å²) in [5.74, 6) is -0.256. The van der Waals surface area contributed by atoms with E-state index in [1.165, 1.54) is 6.08 Å². The highest BCUT2D eigenvalue weighted by Crippen LogP contribution is 2.65. The van der Waals surface area contributed by atoms with Crippen molar-refractivity contribution in [2.24, 2.45) is 39.8 Å². The molecule has 0 aromatic rings. The molecule has 4 aliphatic rings. The van der Waals surface area contributed by atoms with Crippen LogP contribution in [-0.2, 0) is 18.9 Å². The maximum atomic E-state index is 13.5. The Morgan fingerprint density at radius 3 is 2.61 bits per heavy atom. The lowest BCUT2D eigenvalue weighted by Crippen LogP contribution is -2.65. The number of nitrogens with one attached hydrogen (secondary N) is 2. The Morgan fingerprint density at radius 1 is 1.29 bits per heavy atom. The van der Waals surface area contributed by atoms with Crippen LogP contribution >= 0.6 is 0 Å². The van der Waals surface area contributed by atoms with Gasteiger partial charge in [-0.2, -0.15) is 0 Å². The Balaban J connectivity index is 1.68. The van der Waals surface area contributed by atoms with Gasteiger partial charge in [-0.3, -0.25) is 9.59 Å². The highest BCUT2D eigenvalue weighted by Gasteiger charge is 2.68. The van der Waals surface area contributed by atoms with Crippen LogP contribution in [0.25, 0.3) is 0 Å². The zero-order valence-electron chi connectivity index (χ0n) is 23.6. The Morgan fingerprint density at radius 2 is 2.00 bits per heavy atom. The third-order valence-electron chi connectivity index (χ3n) is 8.72. The Kier molecular flexibility index (Phi) is 9.62. The maximum absolute atomic E-state index is 13.5. The predicted molar refractivity (Wildman–Crippen MR) is 145 cm³/mol. The number of carbonyl (C=O) groups excluding carboxylic acids is 2. The van der Waals surface area contributed by atoms with Crippen LogP contribution in [0.5, 0.6) is 0 Å². The van der Waals surface area contributed by atoms with Gasteiger partial charge in [-0.05, 0) is 75.2 Å². The fourth-order valence-electron chi connectivity index (χ4n) is 6.61. The quantitative estimate of drug-likeness (QED) is 0.0620. The number of allylic oxidation sites excluding steroid dienone is 2. The van der Waals surface area contributed by atoms with Crippen LogP contribution in [0.1, 0.15) is 80.1 Å². The van der Waals surface area contributed by atoms with E-state index in [1.807, 2.05) is 0 Å². The number of hydrogen-bond donors (Lipinski definition) is 3. The number of rotatable bonds is 13. The van der Waals surface area contributed by atoms with Crippen LogP contribution in [0.4, 0.5) is 0 Å². The predicted octanol–water partition coefficient (Wildman–Crippen LogP) is 2.81. The molecule has 212 valence electrons. The lowest BCUT2D eigenvalue weighted by molar-refractivity contribution is -0.525. The molecule has 3 saturated carbocycles. The van der Waals surface area contributed by atoms with Crippen molar-refractivity contribution in [1.82, 2.24) is 10.7 Å². The summed E-state index contributed by atoms with van der Waals surface area (Å²) in [5.41, 5.74) is 7.11. The number of ketones is 1. The summed E-state index contributed by atoms with van der Waals surface area (Å²) in [6.07, 6.45) is 6.80. The smallest absolute Gasteiger partial charge is 0.404 e. The minimum absolute atomic E-state index is 0.0130. The summed E-state index contributed by atoms with van der Waals surface area (Å²) < 4.78 is 13.1. The van der Waals surface area contributed by atoms with Crippen molar-refractivity contribution in [3.8, 4) is 0 Å². The number of nitro groups is 1. The average molecular weight is 533 g/mol. The normalized spacial score (nSPS) is 29.5. The second kappa shape index (κ2) is 12.2. The molecule has 0 spiro atoms. The van der Waals surface area contributed by atoms with Crippen LogP contribution in [-0.4, -0.2) is 54.0 Å². The molecule has 1 aliphatic heterocycles. The molecule has 0 unspecified atom stereocenters. The molecule has 4 fully saturated rings. The molecule has 4 N–H and O–H groups in total. The van der Waals surface area contributed by atoms with Crippen molar-refractivity contribution in [2.75, 3.05) is 6.54 Å². The fraction of sp³-hybridized carbons (Fsp3) is 0.808. The fourth-order valence-corrected chi connectivity index (χ4v) is 6.61. The van der Waals surface area contributed by atoms with E-state index in [4.69, 9.17) is 15.0 Å². The van der Waals surface area contributed by atoms with Gasteiger partial charge in [-0.1, -0.05) is 39.2 Å². The Labute approximate surface area is 226 Å². The largest absolute Gasteiger partial charge is 0.481 e. The molecule has 6 atom stereocenters. The first kappa shape index (κ1) is 30.1. The van der Waals surface area contributed by atoms with E-state index >= 15 is 0 Å². The molecule has 3 aliphatic carbocycles. The number of hydrogen-bond acceptors (Lipinski definition) is 7. The number of amides is 1. The third-order valence-corrected chi connectivity index (χ3v) is 8.72. The van der Waals surface area contributed by atoms with Gasteiger partial charge in [-0.25, -0.2) is 15.1 Å². The van der Waals surface area contributed by atoms with Gasteiger partial charge in [0.2, 0.25) is 5.91 Å². The van der Waals surface area contributed by atoms with Gasteiger partial charge < -0.3 is 20.4 Å². The van der Waals surface area contributed by atoms with Crippen LogP contribution in [0.3, 0.4) is 0 Å². The molecular weight excluding hydrogens is 489 g/mol. The molecule has 2 bridgehead atoms. The maximum Gasteiger partial charge on any atom is 0.481 e. The van der Waals surface area contributed by atoms with Crippen LogP contribution in [0.15, 0.2) is 17.1 Å². The molecule has 12 heteroatoms. The van der Waals surface area contributed by atoms with Gasteiger partial charge in [-0.15, -0.1) is 0 Å². The lowest BCUT2D eigenvalue weighted by atomic mass is 9.43. The monoisotopic (exact) mass is 533 g/mol. The number of nitrogens with zero attached hydrogens (tertiary/aromatic N) is 2. The summed E-state index contributed by atoms with van der Waals surface area (Å²) in [5, 5.41) is 12.9. The zero-order valence-corrected chi connectivity index (χ0v) is 23.6. The molecule has 0 aromatic heterocycles. The summed E-state index contributed by atoms with van der Waals surface area (Å²) in [6.45, 7) is 12.9. The van der Waals surface area contributed by atoms with Crippen LogP contribution in [0.2, 0.25) is 0 Å². The summed E-state index contributed by atoms with van der Waals surface area (Å²) in [7, 11) is -0.545. The molecule has 1 amide bonds. The molecule has 0 radical (unpaired) electrons. The van der Waals surface area contributed by atoms with Gasteiger partial charge in [0.25, 0.3) is 5.96 Å². The minimum Gasteiger partial charge on any atom is -0.404 e. The average Bonchev–Trinajstić information content (AvgIpc) is 3.17. The molecule has 11 nitrogen and oxygen atoms in total. The van der Waals surface area contributed by atoms with Gasteiger partial charge in [0, 0.05) is 18.9 Å². The van der Waals surface area contributed by atoms with Crippen LogP contribution in [0, 0.1) is 39.2 Å². The van der Waals surface area contributed by atoms with Crippen molar-refractivity contribution < 1.29 is 23.9 Å². The summed E-state index contributed by atoms with van der Waals surface area (Å²) >= 11 is 0. The first-order valence-electron chi connectivity index (χ1n) is 13.8. The lowest BCUT2D eigenvalue weighted by Gasteiger charge is -2.64. The van der Waals surface area contributed by atoms with E-state index in [0.29, 0.717) is 37.0 Å². The van der Waals surface area contributed by atoms with Crippen molar-refractivity contribution in [1.29, 1.82) is 0 Å². The SMILES string of the molecule is C/C=C/C(=O)C[C@@H](CCCN=C(N)N[N+](=O)[O-])C(=O)N[C@@H](CC(C)C)B1O[C@@H]2C[C@H]3C[C@H](C3(C)C)[C@]2(C)O1. The number of nitrogens with two attached hydrogens (primary N) is 1. The van der Waals surface area contributed by atoms with Gasteiger partial charge in [0.15, 0.2) is 10.8 Å². The second-order valence-corrected chi connectivity index (χ2v) is 12.2. The van der Waals surface area contributed by atoms with E-state index in [2.05, 4.69) is 44.9 Å². The number of guanidine groups is 1. The molecular formula is C26H44BN5O6. The van der Waals surface area contributed by atoms with Gasteiger partial charge >= 0.3 is 7.12 Å². The van der Waals surface area contributed by atoms with E-state index in [9.17, 15) is 19.7 Å². The van der Waals surface area contributed by atoms with Gasteiger partial charge in [0.05, 0.1) is 17.6 Å². The molecule has 0 aromatic carbocycles. The van der Waals surface area contributed by atoms with E-state index in [-0.39, 0.29) is 53.7 Å². The van der Waals surface area contributed by atoms with Crippen molar-refractivity contribution >= 4 is 24.8 Å². The van der Waals surface area contributed by atoms with Crippen molar-refractivity contribution in [3.63, 3.8) is 0 Å². The van der Waals surface area contributed by atoms with E-state index in [1.54, 1.807) is 18.4 Å². The topological polar surface area (TPSA) is 158 Å². The van der Waals surface area contributed by atoms with Crippen molar-refractivity contribution in [2.45, 2.75) is 97.7 Å². The first-order valence-corrected chi connectivity index (χ1v) is 13.8. The number of hydrazine groups is 1. The van der Waals surface area contributed by atoms with Gasteiger partial charge in [0.1, 0.15) is 0 Å². The molecule has 1 saturated heterocycles. The highest BCUT2D eigenvalue weighted by molar-refractivity contribution is 6.47. The molecule has 4 rings (SSSR count). The van der Waals surface area contributed by atoms with Crippen LogP contribution < -0.4 is 16.5 Å². The standard InChI is InChI=1S/C26H44BN5O6/c1-7-9-19(33)13-17(10-8-11-29-24(28)31-32(35)36)23(34)30-22(12-16(2)3)27-37-21-15-18-14-20(25(18,4)5)26(21,6)38-27/h7,9,16-18,20-22H,8,10-15H2,1-6H3,(H,30,34)(H3,28,29,31)/b9-7+/t17-,18-,20-,21-,22+,26+/m1/s1. The number of aliphatic imine (C=N–C) groups is 1. The minimum atomic E-state index is -0.784. The van der Waals surface area contributed by atoms with E-state index in [0.717, 1.165) is 12.8 Å². The highest BCUT2D eigenvalue weighted by atomic mass is 16.7. The third kappa shape index (κ3) is 6.75. The first-order chi connectivity index (χ1) is 17.8. The second-order valence-electron chi connectivity index (χ2n) is 12.2. The zero-order chi connectivity index (χ0) is 28.3. The molecule has 38 heavy (non-hydrogen) atoms. The Bertz CT molecular complexity index is 956. The van der Waals surface area contributed by atoms with Crippen molar-refractivity contribution in [3.05, 3.63) is 22.3 Å². The Hall–Kier alpha value is -2.47. The molecule has 1 heterocycles. The van der Waals surface area contributed by atoms with E-state index < -0.39 is 18.1 Å². The summed E-state index contributed by atoms with van der Waals surface area (Å²) in [6, 6.07) is 0. The number of carbonyl (C=O) groups is 2.